The first-order chi connectivity index (χ1) is 10.2. The summed E-state index contributed by atoms with van der Waals surface area (Å²) >= 11 is 3.41. The summed E-state index contributed by atoms with van der Waals surface area (Å²) in [6.45, 7) is 11.6. The molecule has 1 fully saturated rings. The zero-order chi connectivity index (χ0) is 16.5. The Hall–Kier alpha value is -1.37. The van der Waals surface area contributed by atoms with E-state index in [1.165, 1.54) is 0 Å². The predicted octanol–water partition coefficient (Wildman–Crippen LogP) is 2.99. The minimum absolute atomic E-state index is 0.141. The van der Waals surface area contributed by atoms with Crippen LogP contribution in [0.3, 0.4) is 0 Å². The number of ether oxygens (including phenoxy) is 1. The van der Waals surface area contributed by atoms with Crippen molar-refractivity contribution in [2.75, 3.05) is 24.5 Å². The molecule has 0 unspecified atom stereocenters. The summed E-state index contributed by atoms with van der Waals surface area (Å²) in [5, 5.41) is 0. The number of amides is 1. The van der Waals surface area contributed by atoms with Gasteiger partial charge in [-0.05, 0) is 50.5 Å². The number of piperazine rings is 1. The number of hydrogen-bond donors (Lipinski definition) is 0. The van der Waals surface area contributed by atoms with E-state index in [0.717, 1.165) is 10.2 Å². The van der Waals surface area contributed by atoms with Crippen LogP contribution >= 0.6 is 15.9 Å². The molecule has 1 aliphatic heterocycles. The first kappa shape index (κ1) is 17.0. The molecule has 2 rings (SSSR count). The van der Waals surface area contributed by atoms with Gasteiger partial charge in [-0.25, -0.2) is 14.8 Å². The number of nitrogens with zero attached hydrogens (tertiary/aromatic N) is 4. The van der Waals surface area contributed by atoms with E-state index in [4.69, 9.17) is 4.74 Å². The summed E-state index contributed by atoms with van der Waals surface area (Å²) < 4.78 is 6.33. The van der Waals surface area contributed by atoms with Crippen LogP contribution in [0.15, 0.2) is 10.7 Å². The zero-order valence-electron chi connectivity index (χ0n) is 13.8. The first-order valence-electron chi connectivity index (χ1n) is 7.41. The smallest absolute Gasteiger partial charge is 0.410 e. The van der Waals surface area contributed by atoms with E-state index in [0.29, 0.717) is 25.6 Å². The SMILES string of the molecule is Cc1nc(N2CCN(C(=O)OC(C)(C)C)C[C@H]2C)ncc1Br. The third-order valence-corrected chi connectivity index (χ3v) is 4.22. The lowest BCUT2D eigenvalue weighted by atomic mass is 10.2. The lowest BCUT2D eigenvalue weighted by Crippen LogP contribution is -2.55. The Kier molecular flexibility index (Phi) is 4.94. The van der Waals surface area contributed by atoms with Gasteiger partial charge in [0, 0.05) is 31.9 Å². The largest absolute Gasteiger partial charge is 0.444 e. The van der Waals surface area contributed by atoms with Crippen molar-refractivity contribution in [2.45, 2.75) is 46.3 Å². The van der Waals surface area contributed by atoms with Crippen LogP contribution in [0.4, 0.5) is 10.7 Å². The Labute approximate surface area is 140 Å². The highest BCUT2D eigenvalue weighted by molar-refractivity contribution is 9.10. The molecule has 0 N–H and O–H groups in total. The highest BCUT2D eigenvalue weighted by Gasteiger charge is 2.30. The lowest BCUT2D eigenvalue weighted by Gasteiger charge is -2.40. The molecule has 0 aromatic carbocycles. The molecule has 1 aliphatic rings. The highest BCUT2D eigenvalue weighted by Crippen LogP contribution is 2.21. The van der Waals surface area contributed by atoms with Gasteiger partial charge in [0.05, 0.1) is 10.2 Å². The average Bonchev–Trinajstić information content (AvgIpc) is 2.40. The van der Waals surface area contributed by atoms with Crippen molar-refractivity contribution in [1.82, 2.24) is 14.9 Å². The van der Waals surface area contributed by atoms with Gasteiger partial charge in [-0.2, -0.15) is 0 Å². The van der Waals surface area contributed by atoms with E-state index in [1.807, 2.05) is 27.7 Å². The lowest BCUT2D eigenvalue weighted by molar-refractivity contribution is 0.0218. The standard InChI is InChI=1S/C15H23BrN4O2/c1-10-9-19(14(21)22-15(3,4)5)6-7-20(10)13-17-8-12(16)11(2)18-13/h8,10H,6-7,9H2,1-5H3/t10-/m1/s1. The monoisotopic (exact) mass is 370 g/mol. The third-order valence-electron chi connectivity index (χ3n) is 3.44. The topological polar surface area (TPSA) is 58.6 Å². The van der Waals surface area contributed by atoms with Gasteiger partial charge in [0.1, 0.15) is 5.60 Å². The maximum Gasteiger partial charge on any atom is 0.410 e. The molecule has 22 heavy (non-hydrogen) atoms. The summed E-state index contributed by atoms with van der Waals surface area (Å²) in [4.78, 5) is 24.9. The first-order valence-corrected chi connectivity index (χ1v) is 8.20. The number of hydrogen-bond acceptors (Lipinski definition) is 5. The van der Waals surface area contributed by atoms with Crippen LogP contribution in [0.5, 0.6) is 0 Å². The molecule has 0 saturated carbocycles. The Morgan fingerprint density at radius 3 is 2.64 bits per heavy atom. The Balaban J connectivity index is 2.03. The molecule has 0 bridgehead atoms. The number of carbonyl (C=O) groups excluding carboxylic acids is 1. The van der Waals surface area contributed by atoms with Crippen molar-refractivity contribution >= 4 is 28.0 Å². The second-order valence-corrected chi connectivity index (χ2v) is 7.43. The van der Waals surface area contributed by atoms with Crippen molar-refractivity contribution < 1.29 is 9.53 Å². The molecule has 122 valence electrons. The van der Waals surface area contributed by atoms with Gasteiger partial charge in [-0.3, -0.25) is 0 Å². The summed E-state index contributed by atoms with van der Waals surface area (Å²) in [5.74, 6) is 0.706. The summed E-state index contributed by atoms with van der Waals surface area (Å²) in [6, 6.07) is 0.141. The maximum absolute atomic E-state index is 12.1. The fraction of sp³-hybridized carbons (Fsp3) is 0.667. The normalized spacial score (nSPS) is 19.3. The van der Waals surface area contributed by atoms with Gasteiger partial charge in [0.2, 0.25) is 5.95 Å². The highest BCUT2D eigenvalue weighted by atomic mass is 79.9. The molecule has 0 spiro atoms. The van der Waals surface area contributed by atoms with Crippen LogP contribution in [-0.2, 0) is 4.74 Å². The van der Waals surface area contributed by atoms with Crippen LogP contribution in [0, 0.1) is 6.92 Å². The molecule has 0 aliphatic carbocycles. The molecule has 0 radical (unpaired) electrons. The minimum Gasteiger partial charge on any atom is -0.444 e. The Bertz CT molecular complexity index is 559. The molecule has 1 aromatic rings. The maximum atomic E-state index is 12.1. The summed E-state index contributed by atoms with van der Waals surface area (Å²) in [5.41, 5.74) is 0.440. The fourth-order valence-electron chi connectivity index (χ4n) is 2.33. The van der Waals surface area contributed by atoms with E-state index < -0.39 is 5.60 Å². The molecule has 1 aromatic heterocycles. The second-order valence-electron chi connectivity index (χ2n) is 6.57. The molecule has 1 saturated heterocycles. The van der Waals surface area contributed by atoms with Crippen molar-refractivity contribution in [1.29, 1.82) is 0 Å². The number of aromatic nitrogens is 2. The molecular formula is C15H23BrN4O2. The van der Waals surface area contributed by atoms with E-state index in [-0.39, 0.29) is 12.1 Å². The third kappa shape index (κ3) is 4.09. The van der Waals surface area contributed by atoms with Crippen LogP contribution in [0.2, 0.25) is 0 Å². The molecule has 1 atom stereocenters. The number of halogens is 1. The number of carbonyl (C=O) groups is 1. The van der Waals surface area contributed by atoms with Crippen LogP contribution in [-0.4, -0.2) is 52.2 Å². The Morgan fingerprint density at radius 1 is 1.41 bits per heavy atom. The van der Waals surface area contributed by atoms with E-state index in [2.05, 4.69) is 37.7 Å². The van der Waals surface area contributed by atoms with Crippen molar-refractivity contribution in [2.24, 2.45) is 0 Å². The van der Waals surface area contributed by atoms with Gasteiger partial charge < -0.3 is 14.5 Å². The van der Waals surface area contributed by atoms with Crippen LogP contribution < -0.4 is 4.90 Å². The minimum atomic E-state index is -0.469. The van der Waals surface area contributed by atoms with Crippen molar-refractivity contribution in [3.8, 4) is 0 Å². The molecule has 6 nitrogen and oxygen atoms in total. The van der Waals surface area contributed by atoms with E-state index in [9.17, 15) is 4.79 Å². The van der Waals surface area contributed by atoms with Crippen molar-refractivity contribution in [3.63, 3.8) is 0 Å². The van der Waals surface area contributed by atoms with Gasteiger partial charge in [-0.15, -0.1) is 0 Å². The number of aryl methyl sites for hydroxylation is 1. The zero-order valence-corrected chi connectivity index (χ0v) is 15.3. The van der Waals surface area contributed by atoms with Crippen LogP contribution in [0.1, 0.15) is 33.4 Å². The average molecular weight is 371 g/mol. The molecule has 7 heteroatoms. The van der Waals surface area contributed by atoms with Gasteiger partial charge >= 0.3 is 6.09 Å². The fourth-order valence-corrected chi connectivity index (χ4v) is 2.52. The summed E-state index contributed by atoms with van der Waals surface area (Å²) in [7, 11) is 0. The quantitative estimate of drug-likeness (QED) is 0.760. The summed E-state index contributed by atoms with van der Waals surface area (Å²) in [6.07, 6.45) is 1.51. The molecule has 1 amide bonds. The molecule has 2 heterocycles. The van der Waals surface area contributed by atoms with Gasteiger partial charge in [0.25, 0.3) is 0 Å². The molecular weight excluding hydrogens is 348 g/mol. The van der Waals surface area contributed by atoms with Crippen molar-refractivity contribution in [3.05, 3.63) is 16.4 Å². The van der Waals surface area contributed by atoms with E-state index >= 15 is 0 Å². The van der Waals surface area contributed by atoms with Gasteiger partial charge in [0.15, 0.2) is 0 Å². The predicted molar refractivity (Wildman–Crippen MR) is 89.1 cm³/mol. The number of anilines is 1. The number of rotatable bonds is 1. The van der Waals surface area contributed by atoms with E-state index in [1.54, 1.807) is 11.1 Å². The second kappa shape index (κ2) is 6.40. The van der Waals surface area contributed by atoms with Crippen LogP contribution in [0.25, 0.3) is 0 Å². The Morgan fingerprint density at radius 2 is 2.09 bits per heavy atom. The van der Waals surface area contributed by atoms with Gasteiger partial charge in [-0.1, -0.05) is 0 Å².